The molecule has 1 aromatic carbocycles. The Balaban J connectivity index is 2.13. The molecule has 2 unspecified atom stereocenters. The first-order valence-corrected chi connectivity index (χ1v) is 8.02. The molecule has 2 rings (SSSR count). The molecule has 1 aromatic rings. The van der Waals surface area contributed by atoms with Gasteiger partial charge in [0, 0.05) is 31.0 Å². The van der Waals surface area contributed by atoms with Gasteiger partial charge in [0.25, 0.3) is 0 Å². The predicted molar refractivity (Wildman–Crippen MR) is 87.3 cm³/mol. The number of carbonyl (C=O) groups is 1. The second kappa shape index (κ2) is 6.61. The Morgan fingerprint density at radius 1 is 1.14 bits per heavy atom. The molecule has 1 aliphatic rings. The summed E-state index contributed by atoms with van der Waals surface area (Å²) in [5.41, 5.74) is 8.83. The van der Waals surface area contributed by atoms with Gasteiger partial charge in [0.1, 0.15) is 0 Å². The lowest BCUT2D eigenvalue weighted by atomic mass is 9.87. The van der Waals surface area contributed by atoms with Crippen LogP contribution in [0, 0.1) is 5.92 Å². The Morgan fingerprint density at radius 2 is 1.76 bits per heavy atom. The highest BCUT2D eigenvalue weighted by Gasteiger charge is 2.29. The molecule has 0 aromatic heterocycles. The van der Waals surface area contributed by atoms with Crippen molar-refractivity contribution in [3.05, 3.63) is 35.4 Å². The summed E-state index contributed by atoms with van der Waals surface area (Å²) in [4.78, 5) is 14.2. The van der Waals surface area contributed by atoms with Crippen LogP contribution < -0.4 is 5.73 Å². The van der Waals surface area contributed by atoms with Gasteiger partial charge in [-0.15, -0.1) is 0 Å². The van der Waals surface area contributed by atoms with E-state index in [0.29, 0.717) is 18.4 Å². The lowest BCUT2D eigenvalue weighted by molar-refractivity contribution is -0.136. The number of nitrogens with zero attached hydrogens (tertiary/aromatic N) is 1. The van der Waals surface area contributed by atoms with Crippen molar-refractivity contribution in [3.8, 4) is 0 Å². The molecule has 2 atom stereocenters. The van der Waals surface area contributed by atoms with E-state index in [1.807, 2.05) is 18.7 Å². The lowest BCUT2D eigenvalue weighted by Gasteiger charge is -2.37. The van der Waals surface area contributed by atoms with Crippen molar-refractivity contribution >= 4 is 5.91 Å². The number of hydrogen-bond donors (Lipinski definition) is 1. The molecule has 1 fully saturated rings. The van der Waals surface area contributed by atoms with Gasteiger partial charge in [-0.05, 0) is 23.5 Å². The summed E-state index contributed by atoms with van der Waals surface area (Å²) >= 11 is 0. The van der Waals surface area contributed by atoms with Gasteiger partial charge in [0.15, 0.2) is 0 Å². The number of rotatable bonds is 3. The molecule has 1 heterocycles. The Hall–Kier alpha value is -1.35. The fourth-order valence-electron chi connectivity index (χ4n) is 3.08. The average Bonchev–Trinajstić information content (AvgIpc) is 2.45. The zero-order valence-corrected chi connectivity index (χ0v) is 13.7. The summed E-state index contributed by atoms with van der Waals surface area (Å²) in [6.45, 7) is 9.80. The molecule has 1 amide bonds. The second-order valence-electron chi connectivity index (χ2n) is 6.91. The van der Waals surface area contributed by atoms with E-state index < -0.39 is 0 Å². The molecule has 0 saturated carbocycles. The number of amides is 1. The maximum atomic E-state index is 12.2. The van der Waals surface area contributed by atoms with Crippen molar-refractivity contribution in [1.82, 2.24) is 4.90 Å². The molecule has 2 N–H and O–H groups in total. The van der Waals surface area contributed by atoms with Gasteiger partial charge in [0.2, 0.25) is 5.91 Å². The number of piperidine rings is 1. The van der Waals surface area contributed by atoms with Crippen molar-refractivity contribution in [2.45, 2.75) is 52.0 Å². The van der Waals surface area contributed by atoms with Crippen LogP contribution in [0.25, 0.3) is 0 Å². The first kappa shape index (κ1) is 16.0. The fraction of sp³-hybridized carbons (Fsp3) is 0.611. The minimum atomic E-state index is 0.0410. The van der Waals surface area contributed by atoms with Gasteiger partial charge in [-0.1, -0.05) is 52.0 Å². The minimum absolute atomic E-state index is 0.0410. The molecule has 0 radical (unpaired) electrons. The second-order valence-corrected chi connectivity index (χ2v) is 6.91. The number of likely N-dealkylation sites (tertiary alicyclic amines) is 1. The van der Waals surface area contributed by atoms with E-state index >= 15 is 0 Å². The standard InChI is InChI=1S/C18H28N2O/c1-12(2)14-5-7-15(8-6-14)16-9-17(19)11-20(10-16)18(21)13(3)4/h5-8,12-13,16-17H,9-11,19H2,1-4H3. The van der Waals surface area contributed by atoms with Crippen LogP contribution in [0.1, 0.15) is 57.1 Å². The van der Waals surface area contributed by atoms with Crippen LogP contribution in [-0.2, 0) is 4.79 Å². The molecular formula is C18H28N2O. The quantitative estimate of drug-likeness (QED) is 0.929. The van der Waals surface area contributed by atoms with Crippen LogP contribution in [0.3, 0.4) is 0 Å². The highest BCUT2D eigenvalue weighted by atomic mass is 16.2. The molecule has 3 nitrogen and oxygen atoms in total. The highest BCUT2D eigenvalue weighted by Crippen LogP contribution is 2.28. The highest BCUT2D eigenvalue weighted by molar-refractivity contribution is 5.78. The van der Waals surface area contributed by atoms with Crippen molar-refractivity contribution in [3.63, 3.8) is 0 Å². The third-order valence-electron chi connectivity index (χ3n) is 4.36. The fourth-order valence-corrected chi connectivity index (χ4v) is 3.08. The van der Waals surface area contributed by atoms with Gasteiger partial charge in [-0.2, -0.15) is 0 Å². The minimum Gasteiger partial charge on any atom is -0.340 e. The SMILES string of the molecule is CC(C)C(=O)N1CC(N)CC(c2ccc(C(C)C)cc2)C1. The summed E-state index contributed by atoms with van der Waals surface area (Å²) in [7, 11) is 0. The zero-order valence-electron chi connectivity index (χ0n) is 13.7. The molecule has 0 spiro atoms. The predicted octanol–water partition coefficient (Wildman–Crippen LogP) is 3.11. The average molecular weight is 288 g/mol. The van der Waals surface area contributed by atoms with Gasteiger partial charge in [-0.25, -0.2) is 0 Å². The van der Waals surface area contributed by atoms with E-state index in [9.17, 15) is 4.79 Å². The summed E-state index contributed by atoms with van der Waals surface area (Å²) in [6.07, 6.45) is 0.961. The molecule has 116 valence electrons. The maximum absolute atomic E-state index is 12.2. The molecule has 0 aliphatic carbocycles. The van der Waals surface area contributed by atoms with Gasteiger partial charge in [0.05, 0.1) is 0 Å². The summed E-state index contributed by atoms with van der Waals surface area (Å²) < 4.78 is 0. The Morgan fingerprint density at radius 3 is 2.29 bits per heavy atom. The van der Waals surface area contributed by atoms with E-state index in [1.54, 1.807) is 0 Å². The van der Waals surface area contributed by atoms with Gasteiger partial charge < -0.3 is 10.6 Å². The summed E-state index contributed by atoms with van der Waals surface area (Å²) in [5, 5.41) is 0. The maximum Gasteiger partial charge on any atom is 0.225 e. The molecule has 21 heavy (non-hydrogen) atoms. The van der Waals surface area contributed by atoms with Crippen molar-refractivity contribution in [1.29, 1.82) is 0 Å². The van der Waals surface area contributed by atoms with Gasteiger partial charge >= 0.3 is 0 Å². The number of hydrogen-bond acceptors (Lipinski definition) is 2. The topological polar surface area (TPSA) is 46.3 Å². The summed E-state index contributed by atoms with van der Waals surface area (Å²) in [5.74, 6) is 1.16. The van der Waals surface area contributed by atoms with E-state index in [1.165, 1.54) is 11.1 Å². The number of benzene rings is 1. The molecule has 1 saturated heterocycles. The number of carbonyl (C=O) groups excluding carboxylic acids is 1. The zero-order chi connectivity index (χ0) is 15.6. The smallest absolute Gasteiger partial charge is 0.225 e. The first-order valence-electron chi connectivity index (χ1n) is 8.02. The molecule has 1 aliphatic heterocycles. The lowest BCUT2D eigenvalue weighted by Crippen LogP contribution is -2.49. The van der Waals surface area contributed by atoms with Crippen molar-refractivity contribution < 1.29 is 4.79 Å². The third kappa shape index (κ3) is 3.85. The third-order valence-corrected chi connectivity index (χ3v) is 4.36. The molecule has 0 bridgehead atoms. The van der Waals surface area contributed by atoms with E-state index in [2.05, 4.69) is 38.1 Å². The van der Waals surface area contributed by atoms with Gasteiger partial charge in [-0.3, -0.25) is 4.79 Å². The van der Waals surface area contributed by atoms with E-state index in [-0.39, 0.29) is 17.9 Å². The Kier molecular flexibility index (Phi) is 5.04. The van der Waals surface area contributed by atoms with Crippen LogP contribution in [0.2, 0.25) is 0 Å². The monoisotopic (exact) mass is 288 g/mol. The van der Waals surface area contributed by atoms with Crippen LogP contribution in [0.15, 0.2) is 24.3 Å². The van der Waals surface area contributed by atoms with E-state index in [0.717, 1.165) is 13.0 Å². The van der Waals surface area contributed by atoms with Crippen molar-refractivity contribution in [2.75, 3.05) is 13.1 Å². The normalized spacial score (nSPS) is 22.9. The first-order chi connectivity index (χ1) is 9.88. The van der Waals surface area contributed by atoms with Crippen LogP contribution in [0.5, 0.6) is 0 Å². The molecule has 3 heteroatoms. The summed E-state index contributed by atoms with van der Waals surface area (Å²) in [6, 6.07) is 8.89. The van der Waals surface area contributed by atoms with Crippen LogP contribution >= 0.6 is 0 Å². The molecular weight excluding hydrogens is 260 g/mol. The van der Waals surface area contributed by atoms with Crippen molar-refractivity contribution in [2.24, 2.45) is 11.7 Å². The number of nitrogens with two attached hydrogens (primary N) is 1. The van der Waals surface area contributed by atoms with Crippen LogP contribution in [-0.4, -0.2) is 29.9 Å². The largest absolute Gasteiger partial charge is 0.340 e. The van der Waals surface area contributed by atoms with E-state index in [4.69, 9.17) is 5.73 Å². The van der Waals surface area contributed by atoms with Crippen LogP contribution in [0.4, 0.5) is 0 Å². The Labute approximate surface area is 128 Å². The Bertz CT molecular complexity index is 478.